The standard InChI is InChI=1S/C20H24N2O2/c1-15-5-4-6-16(11-15)12-21-20(24)13-22-10-9-17-7-2-3-8-18(17)19(22)14-23/h2-8,11,19,23H,9-10,12-14H2,1H3,(H,21,24). The molecule has 2 N–H and O–H groups in total. The van der Waals surface area contributed by atoms with Crippen molar-refractivity contribution in [2.45, 2.75) is 25.9 Å². The first-order valence-electron chi connectivity index (χ1n) is 8.42. The van der Waals surface area contributed by atoms with Gasteiger partial charge in [0.2, 0.25) is 5.91 Å². The number of aliphatic hydroxyl groups is 1. The fourth-order valence-electron chi connectivity index (χ4n) is 3.37. The molecule has 1 aliphatic rings. The number of carbonyl (C=O) groups is 1. The molecular formula is C20H24N2O2. The Morgan fingerprint density at radius 3 is 2.88 bits per heavy atom. The fraction of sp³-hybridized carbons (Fsp3) is 0.350. The molecule has 0 spiro atoms. The van der Waals surface area contributed by atoms with Crippen molar-refractivity contribution in [3.05, 3.63) is 70.8 Å². The van der Waals surface area contributed by atoms with E-state index in [1.807, 2.05) is 43.3 Å². The van der Waals surface area contributed by atoms with Gasteiger partial charge in [-0.1, -0.05) is 54.1 Å². The van der Waals surface area contributed by atoms with E-state index >= 15 is 0 Å². The average molecular weight is 324 g/mol. The molecule has 3 rings (SSSR count). The molecule has 0 aliphatic carbocycles. The first-order chi connectivity index (χ1) is 11.7. The Morgan fingerprint density at radius 2 is 2.08 bits per heavy atom. The molecule has 0 bridgehead atoms. The van der Waals surface area contributed by atoms with Gasteiger partial charge in [-0.2, -0.15) is 0 Å². The third kappa shape index (κ3) is 3.83. The first-order valence-corrected chi connectivity index (χ1v) is 8.42. The zero-order valence-electron chi connectivity index (χ0n) is 14.0. The van der Waals surface area contributed by atoms with Gasteiger partial charge in [0.1, 0.15) is 0 Å². The van der Waals surface area contributed by atoms with Gasteiger partial charge in [0, 0.05) is 13.1 Å². The van der Waals surface area contributed by atoms with Crippen LogP contribution in [0.15, 0.2) is 48.5 Å². The van der Waals surface area contributed by atoms with Gasteiger partial charge in [-0.3, -0.25) is 9.69 Å². The minimum Gasteiger partial charge on any atom is -0.394 e. The van der Waals surface area contributed by atoms with E-state index in [9.17, 15) is 9.90 Å². The summed E-state index contributed by atoms with van der Waals surface area (Å²) in [5.41, 5.74) is 4.70. The molecule has 2 aromatic carbocycles. The number of amides is 1. The number of aryl methyl sites for hydroxylation is 1. The predicted molar refractivity (Wildman–Crippen MR) is 94.6 cm³/mol. The molecule has 0 aromatic heterocycles. The Balaban J connectivity index is 1.60. The third-order valence-electron chi connectivity index (χ3n) is 4.62. The van der Waals surface area contributed by atoms with Crippen LogP contribution in [0.25, 0.3) is 0 Å². The van der Waals surface area contributed by atoms with E-state index in [4.69, 9.17) is 0 Å². The van der Waals surface area contributed by atoms with E-state index in [0.29, 0.717) is 13.1 Å². The number of hydrogen-bond acceptors (Lipinski definition) is 3. The molecule has 0 saturated heterocycles. The molecular weight excluding hydrogens is 300 g/mol. The van der Waals surface area contributed by atoms with Gasteiger partial charge in [0.25, 0.3) is 0 Å². The molecule has 1 unspecified atom stereocenters. The highest BCUT2D eigenvalue weighted by Gasteiger charge is 2.27. The van der Waals surface area contributed by atoms with Crippen molar-refractivity contribution in [1.29, 1.82) is 0 Å². The topological polar surface area (TPSA) is 52.6 Å². The fourth-order valence-corrected chi connectivity index (χ4v) is 3.37. The highest BCUT2D eigenvalue weighted by Crippen LogP contribution is 2.28. The van der Waals surface area contributed by atoms with E-state index < -0.39 is 0 Å². The predicted octanol–water partition coefficient (Wildman–Crippen LogP) is 2.20. The lowest BCUT2D eigenvalue weighted by Gasteiger charge is -2.35. The summed E-state index contributed by atoms with van der Waals surface area (Å²) in [6.45, 7) is 3.71. The number of hydrogen-bond donors (Lipinski definition) is 2. The smallest absolute Gasteiger partial charge is 0.234 e. The van der Waals surface area contributed by atoms with Crippen molar-refractivity contribution >= 4 is 5.91 Å². The monoisotopic (exact) mass is 324 g/mol. The van der Waals surface area contributed by atoms with Crippen molar-refractivity contribution in [2.75, 3.05) is 19.7 Å². The van der Waals surface area contributed by atoms with Gasteiger partial charge < -0.3 is 10.4 Å². The largest absolute Gasteiger partial charge is 0.394 e. The van der Waals surface area contributed by atoms with Gasteiger partial charge >= 0.3 is 0 Å². The second-order valence-corrected chi connectivity index (χ2v) is 6.38. The highest BCUT2D eigenvalue weighted by molar-refractivity contribution is 5.78. The van der Waals surface area contributed by atoms with Crippen LogP contribution >= 0.6 is 0 Å². The van der Waals surface area contributed by atoms with Gasteiger partial charge in [-0.25, -0.2) is 0 Å². The number of fused-ring (bicyclic) bond motifs is 1. The molecule has 0 fully saturated rings. The number of nitrogens with one attached hydrogen (secondary N) is 1. The molecule has 0 radical (unpaired) electrons. The van der Waals surface area contributed by atoms with E-state index in [0.717, 1.165) is 24.1 Å². The summed E-state index contributed by atoms with van der Waals surface area (Å²) < 4.78 is 0. The lowest BCUT2D eigenvalue weighted by atomic mass is 9.93. The summed E-state index contributed by atoms with van der Waals surface area (Å²) in [4.78, 5) is 14.4. The van der Waals surface area contributed by atoms with Crippen LogP contribution in [0.4, 0.5) is 0 Å². The molecule has 1 atom stereocenters. The average Bonchev–Trinajstić information content (AvgIpc) is 2.60. The minimum atomic E-state index is -0.0975. The second kappa shape index (κ2) is 7.60. The maximum Gasteiger partial charge on any atom is 0.234 e. The summed E-state index contributed by atoms with van der Waals surface area (Å²) in [5.74, 6) is -0.00524. The van der Waals surface area contributed by atoms with Crippen LogP contribution in [0.3, 0.4) is 0 Å². The Hall–Kier alpha value is -2.17. The Bertz CT molecular complexity index is 714. The Morgan fingerprint density at radius 1 is 1.25 bits per heavy atom. The van der Waals surface area contributed by atoms with Crippen molar-refractivity contribution < 1.29 is 9.90 Å². The summed E-state index contributed by atoms with van der Waals surface area (Å²) in [6.07, 6.45) is 0.915. The van der Waals surface area contributed by atoms with Gasteiger partial charge in [-0.15, -0.1) is 0 Å². The zero-order valence-corrected chi connectivity index (χ0v) is 14.0. The molecule has 1 heterocycles. The molecule has 1 aliphatic heterocycles. The molecule has 24 heavy (non-hydrogen) atoms. The van der Waals surface area contributed by atoms with Gasteiger partial charge in [0.15, 0.2) is 0 Å². The molecule has 4 nitrogen and oxygen atoms in total. The normalized spacial score (nSPS) is 17.3. The lowest BCUT2D eigenvalue weighted by Crippen LogP contribution is -2.43. The van der Waals surface area contributed by atoms with Crippen LogP contribution in [0.5, 0.6) is 0 Å². The minimum absolute atomic E-state index is 0.00524. The molecule has 126 valence electrons. The summed E-state index contributed by atoms with van der Waals surface area (Å²) in [5, 5.41) is 12.8. The zero-order chi connectivity index (χ0) is 16.9. The number of rotatable bonds is 5. The van der Waals surface area contributed by atoms with E-state index in [2.05, 4.69) is 22.3 Å². The van der Waals surface area contributed by atoms with Crippen LogP contribution < -0.4 is 5.32 Å². The van der Waals surface area contributed by atoms with Gasteiger partial charge in [0.05, 0.1) is 19.2 Å². The highest BCUT2D eigenvalue weighted by atomic mass is 16.3. The summed E-state index contributed by atoms with van der Waals surface area (Å²) in [6, 6.07) is 16.2. The molecule has 1 amide bonds. The lowest BCUT2D eigenvalue weighted by molar-refractivity contribution is -0.123. The van der Waals surface area contributed by atoms with E-state index in [1.165, 1.54) is 11.1 Å². The number of benzene rings is 2. The number of aliphatic hydroxyl groups excluding tert-OH is 1. The van der Waals surface area contributed by atoms with Crippen LogP contribution in [-0.2, 0) is 17.8 Å². The second-order valence-electron chi connectivity index (χ2n) is 6.38. The van der Waals surface area contributed by atoms with E-state index in [1.54, 1.807) is 0 Å². The van der Waals surface area contributed by atoms with Crippen LogP contribution in [-0.4, -0.2) is 35.6 Å². The maximum atomic E-state index is 12.3. The molecule has 4 heteroatoms. The van der Waals surface area contributed by atoms with Crippen molar-refractivity contribution in [1.82, 2.24) is 10.2 Å². The van der Waals surface area contributed by atoms with Crippen molar-refractivity contribution in [3.63, 3.8) is 0 Å². The van der Waals surface area contributed by atoms with Crippen LogP contribution in [0.2, 0.25) is 0 Å². The summed E-state index contributed by atoms with van der Waals surface area (Å²) in [7, 11) is 0. The van der Waals surface area contributed by atoms with E-state index in [-0.39, 0.29) is 18.6 Å². The molecule has 2 aromatic rings. The molecule has 0 saturated carbocycles. The maximum absolute atomic E-state index is 12.3. The SMILES string of the molecule is Cc1cccc(CNC(=O)CN2CCc3ccccc3C2CO)c1. The number of carbonyl (C=O) groups excluding carboxylic acids is 1. The Labute approximate surface area is 143 Å². The van der Waals surface area contributed by atoms with Crippen molar-refractivity contribution in [3.8, 4) is 0 Å². The third-order valence-corrected chi connectivity index (χ3v) is 4.62. The number of nitrogens with zero attached hydrogens (tertiary/aromatic N) is 1. The van der Waals surface area contributed by atoms with Crippen LogP contribution in [0, 0.1) is 6.92 Å². The van der Waals surface area contributed by atoms with Crippen molar-refractivity contribution in [2.24, 2.45) is 0 Å². The Kier molecular flexibility index (Phi) is 5.28. The summed E-state index contributed by atoms with van der Waals surface area (Å²) >= 11 is 0. The van der Waals surface area contributed by atoms with Crippen LogP contribution in [0.1, 0.15) is 28.3 Å². The quantitative estimate of drug-likeness (QED) is 0.886. The van der Waals surface area contributed by atoms with Gasteiger partial charge in [-0.05, 0) is 30.0 Å². The first kappa shape index (κ1) is 16.7.